The van der Waals surface area contributed by atoms with Crippen molar-refractivity contribution >= 4 is 26.9 Å². The van der Waals surface area contributed by atoms with Crippen molar-refractivity contribution in [1.82, 2.24) is 0 Å². The van der Waals surface area contributed by atoms with Crippen LogP contribution in [0.4, 0.5) is 22.0 Å². The molecule has 3 rings (SSSR count). The van der Waals surface area contributed by atoms with Crippen molar-refractivity contribution in [3.63, 3.8) is 0 Å². The van der Waals surface area contributed by atoms with Gasteiger partial charge in [0.2, 0.25) is 0 Å². The van der Waals surface area contributed by atoms with Crippen LogP contribution in [0.25, 0.3) is 10.8 Å². The lowest BCUT2D eigenvalue weighted by Gasteiger charge is -2.26. The Bertz CT molecular complexity index is 1060. The SMILES string of the molecule is O=C(OC(C(F)(F)F)C(F)(F)S(=O)(=O)O)c1ccc(OCC2CO2)c2ccccc12. The number of carbonyl (C=O) groups is 1. The van der Waals surface area contributed by atoms with Crippen molar-refractivity contribution < 1.29 is 53.9 Å². The van der Waals surface area contributed by atoms with Gasteiger partial charge in [-0.3, -0.25) is 4.55 Å². The molecule has 2 aromatic rings. The average Bonchev–Trinajstić information content (AvgIpc) is 3.46. The highest BCUT2D eigenvalue weighted by molar-refractivity contribution is 7.86. The zero-order chi connectivity index (χ0) is 22.3. The Kier molecular flexibility index (Phi) is 5.64. The van der Waals surface area contributed by atoms with Gasteiger partial charge in [-0.2, -0.15) is 30.4 Å². The van der Waals surface area contributed by atoms with E-state index in [4.69, 9.17) is 14.0 Å². The van der Waals surface area contributed by atoms with E-state index in [0.29, 0.717) is 6.61 Å². The molecule has 2 atom stereocenters. The average molecular weight is 456 g/mol. The van der Waals surface area contributed by atoms with Crippen LogP contribution >= 0.6 is 0 Å². The molecule has 1 heterocycles. The number of halogens is 5. The normalized spacial score (nSPS) is 18.1. The number of hydrogen-bond donors (Lipinski definition) is 1. The number of benzene rings is 2. The van der Waals surface area contributed by atoms with Crippen LogP contribution in [0.1, 0.15) is 10.4 Å². The molecule has 1 saturated heterocycles. The van der Waals surface area contributed by atoms with Crippen LogP contribution in [-0.2, 0) is 19.6 Å². The van der Waals surface area contributed by atoms with E-state index in [9.17, 15) is 35.2 Å². The van der Waals surface area contributed by atoms with Gasteiger partial charge in [-0.25, -0.2) is 4.79 Å². The lowest BCUT2D eigenvalue weighted by molar-refractivity contribution is -0.247. The molecule has 1 aliphatic heterocycles. The maximum atomic E-state index is 13.7. The van der Waals surface area contributed by atoms with Gasteiger partial charge in [0.05, 0.1) is 12.2 Å². The van der Waals surface area contributed by atoms with Crippen molar-refractivity contribution in [2.45, 2.75) is 23.6 Å². The van der Waals surface area contributed by atoms with E-state index < -0.39 is 39.2 Å². The Balaban J connectivity index is 1.96. The minimum atomic E-state index is -6.53. The number of carbonyl (C=O) groups excluding carboxylic acids is 1. The van der Waals surface area contributed by atoms with Crippen LogP contribution in [0.5, 0.6) is 5.75 Å². The number of epoxide rings is 1. The van der Waals surface area contributed by atoms with Crippen LogP contribution in [0.15, 0.2) is 36.4 Å². The summed E-state index contributed by atoms with van der Waals surface area (Å²) in [5.74, 6) is -1.61. The van der Waals surface area contributed by atoms with Crippen molar-refractivity contribution in [2.24, 2.45) is 0 Å². The number of ether oxygens (including phenoxy) is 3. The quantitative estimate of drug-likeness (QED) is 0.296. The molecule has 2 unspecified atom stereocenters. The van der Waals surface area contributed by atoms with Gasteiger partial charge < -0.3 is 14.2 Å². The van der Waals surface area contributed by atoms with Gasteiger partial charge in [-0.1, -0.05) is 24.3 Å². The number of fused-ring (bicyclic) bond motifs is 1. The van der Waals surface area contributed by atoms with Gasteiger partial charge in [-0.05, 0) is 17.5 Å². The molecule has 13 heteroatoms. The van der Waals surface area contributed by atoms with Crippen LogP contribution < -0.4 is 4.74 Å². The molecule has 0 aliphatic carbocycles. The largest absolute Gasteiger partial charge is 0.490 e. The van der Waals surface area contributed by atoms with Crippen molar-refractivity contribution in [2.75, 3.05) is 13.2 Å². The second kappa shape index (κ2) is 7.63. The van der Waals surface area contributed by atoms with Gasteiger partial charge in [-0.15, -0.1) is 0 Å². The highest BCUT2D eigenvalue weighted by Gasteiger charge is 2.66. The van der Waals surface area contributed by atoms with Gasteiger partial charge in [0.15, 0.2) is 0 Å². The monoisotopic (exact) mass is 456 g/mol. The zero-order valence-corrected chi connectivity index (χ0v) is 15.5. The van der Waals surface area contributed by atoms with E-state index in [-0.39, 0.29) is 29.2 Å². The summed E-state index contributed by atoms with van der Waals surface area (Å²) >= 11 is 0. The zero-order valence-electron chi connectivity index (χ0n) is 14.7. The molecule has 1 N–H and O–H groups in total. The third-order valence-corrected chi connectivity index (χ3v) is 5.00. The number of alkyl halides is 5. The summed E-state index contributed by atoms with van der Waals surface area (Å²) in [6.07, 6.45) is -10.5. The lowest BCUT2D eigenvalue weighted by Crippen LogP contribution is -2.52. The van der Waals surface area contributed by atoms with E-state index >= 15 is 0 Å². The minimum absolute atomic E-state index is 0.0211. The Morgan fingerprint density at radius 1 is 1.13 bits per heavy atom. The molecule has 2 aromatic carbocycles. The third kappa shape index (κ3) is 4.47. The van der Waals surface area contributed by atoms with E-state index in [2.05, 4.69) is 4.74 Å². The summed E-state index contributed by atoms with van der Waals surface area (Å²) in [6, 6.07) is 7.99. The van der Waals surface area contributed by atoms with E-state index in [0.717, 1.165) is 6.07 Å². The summed E-state index contributed by atoms with van der Waals surface area (Å²) in [7, 11) is -6.53. The second-order valence-corrected chi connectivity index (χ2v) is 7.78. The molecule has 1 aliphatic rings. The van der Waals surface area contributed by atoms with E-state index in [1.807, 2.05) is 0 Å². The molecule has 7 nitrogen and oxygen atoms in total. The molecule has 0 radical (unpaired) electrons. The van der Waals surface area contributed by atoms with Crippen molar-refractivity contribution in [3.05, 3.63) is 42.0 Å². The first kappa shape index (κ1) is 22.2. The molecular weight excluding hydrogens is 443 g/mol. The van der Waals surface area contributed by atoms with Gasteiger partial charge in [0, 0.05) is 5.39 Å². The Morgan fingerprint density at radius 3 is 2.27 bits per heavy atom. The topological polar surface area (TPSA) is 102 Å². The summed E-state index contributed by atoms with van der Waals surface area (Å²) in [5.41, 5.74) is -0.541. The van der Waals surface area contributed by atoms with Crippen molar-refractivity contribution in [3.8, 4) is 5.75 Å². The molecule has 0 spiro atoms. The van der Waals surface area contributed by atoms with Gasteiger partial charge >= 0.3 is 27.5 Å². The molecule has 1 fully saturated rings. The second-order valence-electron chi connectivity index (χ2n) is 6.29. The van der Waals surface area contributed by atoms with Crippen LogP contribution in [0, 0.1) is 0 Å². The fourth-order valence-corrected chi connectivity index (χ4v) is 3.01. The molecule has 0 aromatic heterocycles. The number of hydrogen-bond acceptors (Lipinski definition) is 6. The summed E-state index contributed by atoms with van der Waals surface area (Å²) < 4.78 is 111. The highest BCUT2D eigenvalue weighted by atomic mass is 32.2. The van der Waals surface area contributed by atoms with Crippen LogP contribution in [-0.4, -0.2) is 55.8 Å². The maximum absolute atomic E-state index is 13.7. The number of esters is 1. The first-order valence-electron chi connectivity index (χ1n) is 8.21. The third-order valence-electron chi connectivity index (χ3n) is 4.10. The van der Waals surface area contributed by atoms with E-state index in [1.165, 1.54) is 24.3 Å². The maximum Gasteiger partial charge on any atom is 0.432 e. The Morgan fingerprint density at radius 2 is 1.73 bits per heavy atom. The fraction of sp³-hybridized carbons (Fsp3) is 0.353. The standard InChI is InChI=1S/C17H13F5O7S/c18-16(19,20)15(17(21,22)30(24,25)26)29-14(23)12-5-6-13(28-8-9-7-27-9)11-4-2-1-3-10(11)12/h1-6,9,15H,7-8H2,(H,24,25,26). The Hall–Kier alpha value is -2.51. The van der Waals surface area contributed by atoms with Gasteiger partial charge in [0.25, 0.3) is 6.10 Å². The first-order chi connectivity index (χ1) is 13.8. The number of rotatable bonds is 7. The molecular formula is C17H13F5O7S. The summed E-state index contributed by atoms with van der Waals surface area (Å²) in [5, 5.41) is -5.52. The molecule has 0 bridgehead atoms. The fourth-order valence-electron chi connectivity index (χ4n) is 2.55. The smallest absolute Gasteiger partial charge is 0.432 e. The first-order valence-corrected chi connectivity index (χ1v) is 9.65. The van der Waals surface area contributed by atoms with Crippen molar-refractivity contribution in [1.29, 1.82) is 0 Å². The summed E-state index contributed by atoms with van der Waals surface area (Å²) in [4.78, 5) is 12.3. The predicted octanol–water partition coefficient (Wildman–Crippen LogP) is 3.19. The molecule has 0 saturated carbocycles. The van der Waals surface area contributed by atoms with E-state index in [1.54, 1.807) is 6.07 Å². The molecule has 30 heavy (non-hydrogen) atoms. The predicted molar refractivity (Wildman–Crippen MR) is 90.9 cm³/mol. The van der Waals surface area contributed by atoms with Gasteiger partial charge in [0.1, 0.15) is 18.5 Å². The lowest BCUT2D eigenvalue weighted by atomic mass is 10.0. The molecule has 164 valence electrons. The highest BCUT2D eigenvalue weighted by Crippen LogP contribution is 2.39. The molecule has 0 amide bonds. The van der Waals surface area contributed by atoms with Crippen LogP contribution in [0.3, 0.4) is 0 Å². The Labute approximate surface area is 166 Å². The summed E-state index contributed by atoms with van der Waals surface area (Å²) in [6.45, 7) is 0.688. The van der Waals surface area contributed by atoms with Crippen LogP contribution in [0.2, 0.25) is 0 Å². The minimum Gasteiger partial charge on any atom is -0.490 e.